The highest BCUT2D eigenvalue weighted by molar-refractivity contribution is 9.10. The Morgan fingerprint density at radius 1 is 0.680 bits per heavy atom. The average molecular weight is 720 g/mol. The summed E-state index contributed by atoms with van der Waals surface area (Å²) in [5.41, 5.74) is 9.19. The van der Waals surface area contributed by atoms with Crippen molar-refractivity contribution in [2.75, 3.05) is 14.2 Å². The molecule has 0 aliphatic rings. The van der Waals surface area contributed by atoms with E-state index in [0.717, 1.165) is 38.8 Å². The Hall–Kier alpha value is -5.28. The molecule has 248 valence electrons. The molecule has 0 saturated carbocycles. The number of benzene rings is 6. The van der Waals surface area contributed by atoms with Gasteiger partial charge in [0.15, 0.2) is 11.5 Å². The lowest BCUT2D eigenvalue weighted by Gasteiger charge is -2.30. The second kappa shape index (κ2) is 15.1. The Labute approximate surface area is 303 Å². The van der Waals surface area contributed by atoms with Gasteiger partial charge in [-0.2, -0.15) is 0 Å². The standard InChI is InChI=1S/C45H39BrN2O2/c1-4-48-42-22-14-13-21-38(42)39-27-35(24-26-43(39)48)41(25-23-34-19-11-12-20-37(34)33-17-9-6-10-18-33)47(30-32-15-7-5-8-16-32)31-36-28-44(49-2)45(50-3)29-40(36)46/h5-22,24,26-29,41H,4,30-31H2,1-3H3. The maximum Gasteiger partial charge on any atom is 0.161 e. The first-order valence-electron chi connectivity index (χ1n) is 16.9. The summed E-state index contributed by atoms with van der Waals surface area (Å²) in [5, 5.41) is 2.49. The van der Waals surface area contributed by atoms with Crippen molar-refractivity contribution in [3.05, 3.63) is 166 Å². The van der Waals surface area contributed by atoms with Crippen LogP contribution in [0.1, 0.15) is 35.2 Å². The van der Waals surface area contributed by atoms with Crippen LogP contribution in [0.4, 0.5) is 0 Å². The van der Waals surface area contributed by atoms with Crippen LogP contribution in [0.5, 0.6) is 11.5 Å². The van der Waals surface area contributed by atoms with Gasteiger partial charge in [0.1, 0.15) is 0 Å². The van der Waals surface area contributed by atoms with Gasteiger partial charge >= 0.3 is 0 Å². The molecule has 1 heterocycles. The summed E-state index contributed by atoms with van der Waals surface area (Å²) in [6, 6.07) is 48.9. The summed E-state index contributed by atoms with van der Waals surface area (Å²) in [6.45, 7) is 4.41. The van der Waals surface area contributed by atoms with E-state index in [9.17, 15) is 0 Å². The first-order chi connectivity index (χ1) is 24.6. The molecule has 7 aromatic rings. The van der Waals surface area contributed by atoms with E-state index in [2.05, 4.69) is 172 Å². The van der Waals surface area contributed by atoms with E-state index in [1.54, 1.807) is 14.2 Å². The Morgan fingerprint density at radius 3 is 2.10 bits per heavy atom. The van der Waals surface area contributed by atoms with Crippen molar-refractivity contribution in [2.45, 2.75) is 32.6 Å². The minimum Gasteiger partial charge on any atom is -0.493 e. The van der Waals surface area contributed by atoms with E-state index in [4.69, 9.17) is 9.47 Å². The normalized spacial score (nSPS) is 11.8. The van der Waals surface area contributed by atoms with Crippen molar-refractivity contribution in [3.8, 4) is 34.5 Å². The van der Waals surface area contributed by atoms with Crippen LogP contribution in [-0.2, 0) is 19.6 Å². The number of para-hydroxylation sites is 1. The minimum atomic E-state index is -0.243. The molecule has 0 fully saturated rings. The van der Waals surface area contributed by atoms with E-state index in [0.29, 0.717) is 24.6 Å². The number of aryl methyl sites for hydroxylation is 1. The van der Waals surface area contributed by atoms with Gasteiger partial charge in [0, 0.05) is 51.5 Å². The zero-order valence-electron chi connectivity index (χ0n) is 28.6. The molecule has 1 atom stereocenters. The van der Waals surface area contributed by atoms with Gasteiger partial charge in [-0.25, -0.2) is 0 Å². The molecule has 50 heavy (non-hydrogen) atoms. The molecule has 7 rings (SSSR count). The summed E-state index contributed by atoms with van der Waals surface area (Å²) in [7, 11) is 3.34. The topological polar surface area (TPSA) is 26.6 Å². The fourth-order valence-corrected chi connectivity index (χ4v) is 7.32. The van der Waals surface area contributed by atoms with Crippen LogP contribution in [0.2, 0.25) is 0 Å². The van der Waals surface area contributed by atoms with Crippen LogP contribution < -0.4 is 9.47 Å². The van der Waals surface area contributed by atoms with Gasteiger partial charge in [-0.15, -0.1) is 0 Å². The van der Waals surface area contributed by atoms with E-state index < -0.39 is 0 Å². The molecule has 0 saturated heterocycles. The molecule has 0 aliphatic heterocycles. The van der Waals surface area contributed by atoms with Gasteiger partial charge in [0.25, 0.3) is 0 Å². The maximum atomic E-state index is 5.74. The van der Waals surface area contributed by atoms with E-state index in [1.807, 2.05) is 12.1 Å². The van der Waals surface area contributed by atoms with Crippen LogP contribution in [-0.4, -0.2) is 23.7 Å². The highest BCUT2D eigenvalue weighted by Crippen LogP contribution is 2.37. The molecule has 0 amide bonds. The average Bonchev–Trinajstić information content (AvgIpc) is 3.49. The fraction of sp³-hybridized carbons (Fsp3) is 0.156. The smallest absolute Gasteiger partial charge is 0.161 e. The second-order valence-electron chi connectivity index (χ2n) is 12.3. The molecule has 4 nitrogen and oxygen atoms in total. The third kappa shape index (κ3) is 6.78. The van der Waals surface area contributed by atoms with Crippen molar-refractivity contribution in [1.29, 1.82) is 0 Å². The molecule has 5 heteroatoms. The van der Waals surface area contributed by atoms with Crippen molar-refractivity contribution in [2.24, 2.45) is 0 Å². The van der Waals surface area contributed by atoms with Crippen LogP contribution >= 0.6 is 15.9 Å². The minimum absolute atomic E-state index is 0.243. The highest BCUT2D eigenvalue weighted by Gasteiger charge is 2.23. The summed E-state index contributed by atoms with van der Waals surface area (Å²) < 4.78 is 14.7. The zero-order chi connectivity index (χ0) is 34.5. The lowest BCUT2D eigenvalue weighted by atomic mass is 9.98. The Balaban J connectivity index is 1.42. The molecule has 0 aliphatic carbocycles. The number of methoxy groups -OCH3 is 2. The Morgan fingerprint density at radius 2 is 1.34 bits per heavy atom. The molecule has 0 N–H and O–H groups in total. The summed E-state index contributed by atoms with van der Waals surface area (Å²) in [5.74, 6) is 8.85. The van der Waals surface area contributed by atoms with Crippen molar-refractivity contribution in [1.82, 2.24) is 9.47 Å². The zero-order valence-corrected chi connectivity index (χ0v) is 30.2. The third-order valence-electron chi connectivity index (χ3n) is 9.30. The largest absolute Gasteiger partial charge is 0.493 e. The predicted molar refractivity (Wildman–Crippen MR) is 210 cm³/mol. The number of hydrogen-bond acceptors (Lipinski definition) is 3. The quantitative estimate of drug-likeness (QED) is 0.132. The monoisotopic (exact) mass is 718 g/mol. The van der Waals surface area contributed by atoms with Crippen molar-refractivity contribution in [3.63, 3.8) is 0 Å². The first kappa shape index (κ1) is 33.2. The number of halogens is 1. The molecule has 1 unspecified atom stereocenters. The number of fused-ring (bicyclic) bond motifs is 3. The van der Waals surface area contributed by atoms with Crippen LogP contribution in [0.15, 0.2) is 144 Å². The number of nitrogens with zero attached hydrogens (tertiary/aromatic N) is 2. The van der Waals surface area contributed by atoms with Crippen LogP contribution in [0.3, 0.4) is 0 Å². The third-order valence-corrected chi connectivity index (χ3v) is 10.0. The van der Waals surface area contributed by atoms with E-state index >= 15 is 0 Å². The van der Waals surface area contributed by atoms with Gasteiger partial charge in [-0.05, 0) is 71.1 Å². The lowest BCUT2D eigenvalue weighted by molar-refractivity contribution is 0.218. The molecule has 0 radical (unpaired) electrons. The lowest BCUT2D eigenvalue weighted by Crippen LogP contribution is -2.27. The van der Waals surface area contributed by atoms with Crippen molar-refractivity contribution >= 4 is 37.7 Å². The van der Waals surface area contributed by atoms with Crippen molar-refractivity contribution < 1.29 is 9.47 Å². The SMILES string of the molecule is CCn1c2ccccc2c2cc(C(C#Cc3ccccc3-c3ccccc3)N(Cc3ccccc3)Cc3cc(OC)c(OC)cc3Br)ccc21. The van der Waals surface area contributed by atoms with E-state index in [1.165, 1.54) is 27.4 Å². The maximum absolute atomic E-state index is 5.74. The summed E-state index contributed by atoms with van der Waals surface area (Å²) >= 11 is 3.85. The van der Waals surface area contributed by atoms with Gasteiger partial charge in [0.05, 0.1) is 20.3 Å². The van der Waals surface area contributed by atoms with Crippen LogP contribution in [0, 0.1) is 11.8 Å². The Kier molecular flexibility index (Phi) is 10.0. The molecule has 0 bridgehead atoms. The van der Waals surface area contributed by atoms with E-state index in [-0.39, 0.29) is 6.04 Å². The summed E-state index contributed by atoms with van der Waals surface area (Å²) in [6.07, 6.45) is 0. The number of ether oxygens (including phenoxy) is 2. The van der Waals surface area contributed by atoms with Gasteiger partial charge in [-0.3, -0.25) is 4.90 Å². The van der Waals surface area contributed by atoms with Crippen LogP contribution in [0.25, 0.3) is 32.9 Å². The number of hydrogen-bond donors (Lipinski definition) is 0. The molecule has 0 spiro atoms. The highest BCUT2D eigenvalue weighted by atomic mass is 79.9. The number of aromatic nitrogens is 1. The Bertz CT molecular complexity index is 2320. The molecule has 6 aromatic carbocycles. The molecule has 1 aromatic heterocycles. The molecular formula is C45H39BrN2O2. The predicted octanol–water partition coefficient (Wildman–Crippen LogP) is 11.1. The number of rotatable bonds is 10. The second-order valence-corrected chi connectivity index (χ2v) is 13.2. The van der Waals surface area contributed by atoms with Gasteiger partial charge in [0.2, 0.25) is 0 Å². The first-order valence-corrected chi connectivity index (χ1v) is 17.7. The fourth-order valence-electron chi connectivity index (χ4n) is 6.87. The van der Waals surface area contributed by atoms with Gasteiger partial charge < -0.3 is 14.0 Å². The van der Waals surface area contributed by atoms with Gasteiger partial charge in [-0.1, -0.05) is 131 Å². The molecular weight excluding hydrogens is 680 g/mol. The summed E-state index contributed by atoms with van der Waals surface area (Å²) in [4.78, 5) is 2.46.